The first-order chi connectivity index (χ1) is 10.0. The van der Waals surface area contributed by atoms with Gasteiger partial charge in [0.15, 0.2) is 11.6 Å². The topological polar surface area (TPSA) is 38.5 Å². The van der Waals surface area contributed by atoms with Crippen LogP contribution in [0.25, 0.3) is 0 Å². The van der Waals surface area contributed by atoms with Gasteiger partial charge in [0.25, 0.3) is 0 Å². The summed E-state index contributed by atoms with van der Waals surface area (Å²) in [4.78, 5) is 2.97. The van der Waals surface area contributed by atoms with E-state index in [4.69, 9.17) is 5.73 Å². The molecule has 2 N–H and O–H groups in total. The van der Waals surface area contributed by atoms with Gasteiger partial charge in [0.2, 0.25) is 0 Å². The number of ether oxygens (including phenoxy) is 1. The summed E-state index contributed by atoms with van der Waals surface area (Å²) in [6.07, 6.45) is 0. The molecule has 0 saturated heterocycles. The van der Waals surface area contributed by atoms with E-state index in [1.807, 2.05) is 29.3 Å². The van der Waals surface area contributed by atoms with Gasteiger partial charge in [-0.1, -0.05) is 6.07 Å². The number of rotatable bonds is 6. The predicted molar refractivity (Wildman–Crippen MR) is 78.5 cm³/mol. The number of anilines is 2. The van der Waals surface area contributed by atoms with E-state index in [2.05, 4.69) is 4.74 Å². The van der Waals surface area contributed by atoms with Crippen LogP contribution in [0.3, 0.4) is 0 Å². The lowest BCUT2D eigenvalue weighted by Crippen LogP contribution is -2.23. The highest BCUT2D eigenvalue weighted by atomic mass is 32.1. The van der Waals surface area contributed by atoms with Crippen molar-refractivity contribution >= 4 is 22.7 Å². The molecule has 114 valence electrons. The molecule has 2 aromatic rings. The Balaban J connectivity index is 2.31. The van der Waals surface area contributed by atoms with Crippen LogP contribution < -0.4 is 15.4 Å². The molecule has 21 heavy (non-hydrogen) atoms. The smallest absolute Gasteiger partial charge is 0.387 e. The molecule has 2 rings (SSSR count). The highest BCUT2D eigenvalue weighted by Gasteiger charge is 2.17. The zero-order valence-electron chi connectivity index (χ0n) is 11.4. The highest BCUT2D eigenvalue weighted by Crippen LogP contribution is 2.33. The summed E-state index contributed by atoms with van der Waals surface area (Å²) in [7, 11) is 0. The van der Waals surface area contributed by atoms with E-state index in [1.54, 1.807) is 11.3 Å². The Morgan fingerprint density at radius 3 is 2.71 bits per heavy atom. The van der Waals surface area contributed by atoms with Crippen molar-refractivity contribution in [1.29, 1.82) is 0 Å². The first kappa shape index (κ1) is 15.5. The second-order valence-electron chi connectivity index (χ2n) is 4.31. The Hall–Kier alpha value is -1.89. The van der Waals surface area contributed by atoms with Gasteiger partial charge in [-0.25, -0.2) is 4.39 Å². The van der Waals surface area contributed by atoms with Crippen molar-refractivity contribution < 1.29 is 17.9 Å². The molecule has 0 aliphatic carbocycles. The third kappa shape index (κ3) is 3.81. The summed E-state index contributed by atoms with van der Waals surface area (Å²) >= 11 is 1.58. The van der Waals surface area contributed by atoms with Crippen LogP contribution in [0.4, 0.5) is 24.5 Å². The number of nitrogens with zero attached hydrogens (tertiary/aromatic N) is 1. The maximum atomic E-state index is 13.6. The molecule has 0 unspecified atom stereocenters. The van der Waals surface area contributed by atoms with Gasteiger partial charge in [-0.2, -0.15) is 8.78 Å². The summed E-state index contributed by atoms with van der Waals surface area (Å²) in [5.74, 6) is -1.40. The zero-order chi connectivity index (χ0) is 15.4. The Bertz CT molecular complexity index is 590. The van der Waals surface area contributed by atoms with E-state index < -0.39 is 18.2 Å². The molecule has 0 bridgehead atoms. The van der Waals surface area contributed by atoms with Gasteiger partial charge < -0.3 is 15.4 Å². The number of halogens is 3. The average Bonchev–Trinajstić information content (AvgIpc) is 2.92. The molecule has 0 aliphatic heterocycles. The van der Waals surface area contributed by atoms with Crippen molar-refractivity contribution in [2.24, 2.45) is 0 Å². The third-order valence-corrected chi connectivity index (χ3v) is 3.81. The quantitative estimate of drug-likeness (QED) is 0.816. The molecule has 0 aliphatic rings. The molecule has 1 aromatic heterocycles. The fourth-order valence-corrected chi connectivity index (χ4v) is 2.70. The number of thiophene rings is 1. The maximum Gasteiger partial charge on any atom is 0.387 e. The maximum absolute atomic E-state index is 13.6. The van der Waals surface area contributed by atoms with Crippen LogP contribution in [0.1, 0.15) is 11.8 Å². The van der Waals surface area contributed by atoms with Gasteiger partial charge in [-0.05, 0) is 18.4 Å². The lowest BCUT2D eigenvalue weighted by atomic mass is 10.2. The highest BCUT2D eigenvalue weighted by molar-refractivity contribution is 7.09. The molecule has 7 heteroatoms. The second kappa shape index (κ2) is 6.71. The summed E-state index contributed by atoms with van der Waals surface area (Å²) in [6.45, 7) is -0.00681. The van der Waals surface area contributed by atoms with Crippen molar-refractivity contribution in [1.82, 2.24) is 0 Å². The van der Waals surface area contributed by atoms with Crippen molar-refractivity contribution in [3.05, 3.63) is 40.3 Å². The molecule has 0 radical (unpaired) electrons. The van der Waals surface area contributed by atoms with E-state index in [9.17, 15) is 13.2 Å². The van der Waals surface area contributed by atoms with Gasteiger partial charge in [-0.3, -0.25) is 0 Å². The lowest BCUT2D eigenvalue weighted by molar-refractivity contribution is -0.0521. The van der Waals surface area contributed by atoms with Gasteiger partial charge in [0, 0.05) is 23.6 Å². The van der Waals surface area contributed by atoms with Crippen LogP contribution in [0.2, 0.25) is 0 Å². The molecule has 1 aromatic carbocycles. The largest absolute Gasteiger partial charge is 0.432 e. The molecule has 3 nitrogen and oxygen atoms in total. The minimum Gasteiger partial charge on any atom is -0.432 e. The Morgan fingerprint density at radius 1 is 1.38 bits per heavy atom. The van der Waals surface area contributed by atoms with Crippen LogP contribution in [0.5, 0.6) is 5.75 Å². The number of nitrogens with two attached hydrogens (primary N) is 1. The van der Waals surface area contributed by atoms with Gasteiger partial charge in [0.1, 0.15) is 0 Å². The Labute approximate surface area is 124 Å². The standard InChI is InChI=1S/C14H15F3N2OS/c1-2-19(8-9-4-3-5-21-9)12-7-13(20-14(16)17)10(15)6-11(12)18/h3-7,14H,2,8,18H2,1H3. The summed E-state index contributed by atoms with van der Waals surface area (Å²) in [5.41, 5.74) is 6.47. The number of benzene rings is 1. The molecule has 0 atom stereocenters. The average molecular weight is 316 g/mol. The fourth-order valence-electron chi connectivity index (χ4n) is 1.98. The van der Waals surface area contributed by atoms with Crippen LogP contribution in [-0.2, 0) is 6.54 Å². The molecule has 0 amide bonds. The van der Waals surface area contributed by atoms with Gasteiger partial charge in [-0.15, -0.1) is 11.3 Å². The molecular formula is C14H15F3N2OS. The van der Waals surface area contributed by atoms with E-state index in [1.165, 1.54) is 6.07 Å². The number of hydrogen-bond donors (Lipinski definition) is 1. The van der Waals surface area contributed by atoms with Crippen molar-refractivity contribution in [2.45, 2.75) is 20.1 Å². The van der Waals surface area contributed by atoms with E-state index in [0.29, 0.717) is 18.8 Å². The van der Waals surface area contributed by atoms with E-state index >= 15 is 0 Å². The van der Waals surface area contributed by atoms with Crippen molar-refractivity contribution in [2.75, 3.05) is 17.2 Å². The van der Waals surface area contributed by atoms with Crippen LogP contribution >= 0.6 is 11.3 Å². The van der Waals surface area contributed by atoms with Crippen LogP contribution in [0.15, 0.2) is 29.6 Å². The minimum absolute atomic E-state index is 0.188. The van der Waals surface area contributed by atoms with Gasteiger partial charge >= 0.3 is 6.61 Å². The minimum atomic E-state index is -3.08. The molecular weight excluding hydrogens is 301 g/mol. The normalized spacial score (nSPS) is 10.9. The third-order valence-electron chi connectivity index (χ3n) is 2.95. The summed E-state index contributed by atoms with van der Waals surface area (Å²) in [5, 5.41) is 1.95. The van der Waals surface area contributed by atoms with Crippen LogP contribution in [-0.4, -0.2) is 13.2 Å². The van der Waals surface area contributed by atoms with E-state index in [0.717, 1.165) is 10.9 Å². The number of nitrogen functional groups attached to an aromatic ring is 1. The zero-order valence-corrected chi connectivity index (χ0v) is 12.2. The first-order valence-corrected chi connectivity index (χ1v) is 7.20. The first-order valence-electron chi connectivity index (χ1n) is 6.32. The van der Waals surface area contributed by atoms with Crippen LogP contribution in [0, 0.1) is 5.82 Å². The van der Waals surface area contributed by atoms with Crippen molar-refractivity contribution in [3.63, 3.8) is 0 Å². The second-order valence-corrected chi connectivity index (χ2v) is 5.35. The van der Waals surface area contributed by atoms with Crippen molar-refractivity contribution in [3.8, 4) is 5.75 Å². The lowest BCUT2D eigenvalue weighted by Gasteiger charge is -2.24. The number of alkyl halides is 2. The Morgan fingerprint density at radius 2 is 2.14 bits per heavy atom. The van der Waals surface area contributed by atoms with E-state index in [-0.39, 0.29) is 5.69 Å². The predicted octanol–water partition coefficient (Wildman–Crippen LogP) is 4.10. The monoisotopic (exact) mass is 316 g/mol. The number of hydrogen-bond acceptors (Lipinski definition) is 4. The Kier molecular flexibility index (Phi) is 4.95. The summed E-state index contributed by atoms with van der Waals surface area (Å²) in [6, 6.07) is 6.11. The molecule has 0 spiro atoms. The van der Waals surface area contributed by atoms with Gasteiger partial charge in [0.05, 0.1) is 17.9 Å². The SMILES string of the molecule is CCN(Cc1cccs1)c1cc(OC(F)F)c(F)cc1N. The summed E-state index contributed by atoms with van der Waals surface area (Å²) < 4.78 is 42.3. The molecule has 1 heterocycles. The molecule has 0 fully saturated rings. The molecule has 0 saturated carbocycles. The fraction of sp³-hybridized carbons (Fsp3) is 0.286.